The van der Waals surface area contributed by atoms with Crippen LogP contribution in [0.1, 0.15) is 71.3 Å². The number of nitrogens with zero attached hydrogens (tertiary/aromatic N) is 1. The van der Waals surface area contributed by atoms with Gasteiger partial charge in [0.15, 0.2) is 0 Å². The first-order valence-corrected chi connectivity index (χ1v) is 11.3. The van der Waals surface area contributed by atoms with Crippen molar-refractivity contribution >= 4 is 11.8 Å². The summed E-state index contributed by atoms with van der Waals surface area (Å²) < 4.78 is 5.25. The molecule has 1 aliphatic carbocycles. The highest BCUT2D eigenvalue weighted by atomic mass is 16.5. The summed E-state index contributed by atoms with van der Waals surface area (Å²) in [5, 5.41) is 3.22. The topological polar surface area (TPSA) is 58.6 Å². The highest BCUT2D eigenvalue weighted by Crippen LogP contribution is 2.52. The van der Waals surface area contributed by atoms with Crippen molar-refractivity contribution in [3.8, 4) is 5.75 Å². The maximum absolute atomic E-state index is 13.3. The van der Waals surface area contributed by atoms with E-state index in [0.717, 1.165) is 43.5 Å². The fraction of sp³-hybridized carbons (Fsp3) is 0.680. The van der Waals surface area contributed by atoms with Crippen molar-refractivity contribution in [3.05, 3.63) is 29.8 Å². The van der Waals surface area contributed by atoms with Crippen molar-refractivity contribution in [1.82, 2.24) is 10.2 Å². The molecule has 0 spiro atoms. The number of fused-ring (bicyclic) bond motifs is 2. The quantitative estimate of drug-likeness (QED) is 0.765. The second-order valence-electron chi connectivity index (χ2n) is 11.1. The Hall–Kier alpha value is -2.04. The van der Waals surface area contributed by atoms with E-state index in [0.29, 0.717) is 30.7 Å². The van der Waals surface area contributed by atoms with Crippen molar-refractivity contribution in [2.75, 3.05) is 13.7 Å². The lowest BCUT2D eigenvalue weighted by Gasteiger charge is -2.39. The first kappa shape index (κ1) is 21.2. The predicted molar refractivity (Wildman–Crippen MR) is 117 cm³/mol. The van der Waals surface area contributed by atoms with Crippen LogP contribution in [-0.4, -0.2) is 41.9 Å². The van der Waals surface area contributed by atoms with E-state index in [4.69, 9.17) is 4.74 Å². The molecule has 0 radical (unpaired) electrons. The van der Waals surface area contributed by atoms with E-state index in [1.165, 1.54) is 6.42 Å². The van der Waals surface area contributed by atoms with Gasteiger partial charge in [-0.25, -0.2) is 0 Å². The first-order chi connectivity index (χ1) is 14.1. The van der Waals surface area contributed by atoms with Gasteiger partial charge in [-0.3, -0.25) is 9.59 Å². The third-order valence-corrected chi connectivity index (χ3v) is 7.49. The summed E-state index contributed by atoms with van der Waals surface area (Å²) in [6.45, 7) is 7.90. The number of likely N-dealkylation sites (tertiary alicyclic amines) is 1. The van der Waals surface area contributed by atoms with Gasteiger partial charge in [0.25, 0.3) is 0 Å². The zero-order chi connectivity index (χ0) is 21.6. The van der Waals surface area contributed by atoms with Crippen LogP contribution in [0.4, 0.5) is 0 Å². The molecule has 1 aromatic rings. The van der Waals surface area contributed by atoms with E-state index in [1.807, 2.05) is 12.1 Å². The van der Waals surface area contributed by atoms with Crippen LogP contribution in [0.25, 0.3) is 0 Å². The maximum atomic E-state index is 13.3. The summed E-state index contributed by atoms with van der Waals surface area (Å²) in [4.78, 5) is 27.5. The van der Waals surface area contributed by atoms with Crippen LogP contribution in [0.3, 0.4) is 0 Å². The number of hydrogen-bond acceptors (Lipinski definition) is 3. The van der Waals surface area contributed by atoms with Crippen LogP contribution >= 0.6 is 0 Å². The van der Waals surface area contributed by atoms with Crippen LogP contribution in [0.15, 0.2) is 24.3 Å². The van der Waals surface area contributed by atoms with Gasteiger partial charge in [0, 0.05) is 31.0 Å². The lowest BCUT2D eigenvalue weighted by atomic mass is 9.65. The number of carbonyl (C=O) groups excluding carboxylic acids is 2. The molecule has 2 aliphatic heterocycles. The Morgan fingerprint density at radius 2 is 1.93 bits per heavy atom. The van der Waals surface area contributed by atoms with Crippen LogP contribution in [0.2, 0.25) is 0 Å². The van der Waals surface area contributed by atoms with Crippen LogP contribution in [0.5, 0.6) is 5.75 Å². The third-order valence-electron chi connectivity index (χ3n) is 7.49. The smallest absolute Gasteiger partial charge is 0.222 e. The zero-order valence-corrected chi connectivity index (χ0v) is 18.9. The summed E-state index contributed by atoms with van der Waals surface area (Å²) >= 11 is 0. The minimum atomic E-state index is -0.320. The standard InChI is InChI=1S/C25H36N2O3/c1-23(2)14-19-15-24(3,16-23)17-27(19)22(29)10-12-25(11-9-21(28)26-25)13-18-5-7-20(30-4)8-6-18/h5-8,19H,9-17H2,1-4H3,(H,26,28). The number of benzene rings is 1. The molecule has 3 fully saturated rings. The van der Waals surface area contributed by atoms with E-state index in [1.54, 1.807) is 7.11 Å². The molecule has 3 unspecified atom stereocenters. The number of hydrogen-bond donors (Lipinski definition) is 1. The summed E-state index contributed by atoms with van der Waals surface area (Å²) in [5.74, 6) is 1.19. The van der Waals surface area contributed by atoms with Crippen molar-refractivity contribution in [2.45, 2.75) is 83.7 Å². The van der Waals surface area contributed by atoms with Crippen molar-refractivity contribution in [1.29, 1.82) is 0 Å². The lowest BCUT2D eigenvalue weighted by molar-refractivity contribution is -0.133. The monoisotopic (exact) mass is 412 g/mol. The number of amides is 2. The maximum Gasteiger partial charge on any atom is 0.222 e. The molecular formula is C25H36N2O3. The summed E-state index contributed by atoms with van der Waals surface area (Å²) in [6.07, 6.45) is 6.72. The van der Waals surface area contributed by atoms with E-state index < -0.39 is 0 Å². The largest absolute Gasteiger partial charge is 0.497 e. The number of methoxy groups -OCH3 is 1. The summed E-state index contributed by atoms with van der Waals surface area (Å²) in [7, 11) is 1.66. The van der Waals surface area contributed by atoms with Crippen LogP contribution in [0, 0.1) is 10.8 Å². The van der Waals surface area contributed by atoms with Crippen LogP contribution in [-0.2, 0) is 16.0 Å². The van der Waals surface area contributed by atoms with E-state index in [9.17, 15) is 9.59 Å². The van der Waals surface area contributed by atoms with Gasteiger partial charge in [-0.2, -0.15) is 0 Å². The Balaban J connectivity index is 1.43. The van der Waals surface area contributed by atoms with Crippen LogP contribution < -0.4 is 10.1 Å². The highest BCUT2D eigenvalue weighted by Gasteiger charge is 2.51. The Labute approximate surface area is 180 Å². The molecule has 2 heterocycles. The molecule has 2 bridgehead atoms. The van der Waals surface area contributed by atoms with Gasteiger partial charge in [-0.15, -0.1) is 0 Å². The summed E-state index contributed by atoms with van der Waals surface area (Å²) in [6, 6.07) is 8.40. The van der Waals surface area contributed by atoms with Gasteiger partial charge in [0.2, 0.25) is 11.8 Å². The molecule has 4 rings (SSSR count). The average Bonchev–Trinajstić information content (AvgIpc) is 3.16. The molecule has 1 N–H and O–H groups in total. The molecule has 164 valence electrons. The SMILES string of the molecule is COc1ccc(CC2(CCC(=O)N3CC4(C)CC3CC(C)(C)C4)CCC(=O)N2)cc1. The zero-order valence-electron chi connectivity index (χ0n) is 18.9. The molecule has 3 aliphatic rings. The normalized spacial score (nSPS) is 32.2. The Bertz CT molecular complexity index is 818. The molecule has 5 nitrogen and oxygen atoms in total. The fourth-order valence-corrected chi connectivity index (χ4v) is 6.56. The minimum Gasteiger partial charge on any atom is -0.497 e. The molecule has 1 saturated carbocycles. The Morgan fingerprint density at radius 1 is 1.20 bits per heavy atom. The van der Waals surface area contributed by atoms with E-state index in [2.05, 4.69) is 43.1 Å². The van der Waals surface area contributed by atoms with Crippen molar-refractivity contribution in [2.24, 2.45) is 10.8 Å². The third kappa shape index (κ3) is 4.35. The molecule has 30 heavy (non-hydrogen) atoms. The molecular weight excluding hydrogens is 376 g/mol. The number of ether oxygens (including phenoxy) is 1. The van der Waals surface area contributed by atoms with E-state index in [-0.39, 0.29) is 22.8 Å². The van der Waals surface area contributed by atoms with Gasteiger partial charge in [0.05, 0.1) is 7.11 Å². The first-order valence-electron chi connectivity index (χ1n) is 11.3. The molecule has 0 aromatic heterocycles. The predicted octanol–water partition coefficient (Wildman–Crippen LogP) is 4.09. The van der Waals surface area contributed by atoms with Gasteiger partial charge in [0.1, 0.15) is 5.75 Å². The Morgan fingerprint density at radius 3 is 2.57 bits per heavy atom. The number of rotatable bonds is 6. The molecule has 1 aromatic carbocycles. The Kier molecular flexibility index (Phi) is 5.36. The number of carbonyl (C=O) groups is 2. The molecule has 5 heteroatoms. The van der Waals surface area contributed by atoms with Gasteiger partial charge < -0.3 is 15.0 Å². The summed E-state index contributed by atoms with van der Waals surface area (Å²) in [5.41, 5.74) is 1.41. The van der Waals surface area contributed by atoms with Gasteiger partial charge in [-0.1, -0.05) is 32.9 Å². The van der Waals surface area contributed by atoms with Crippen molar-refractivity contribution < 1.29 is 14.3 Å². The average molecular weight is 413 g/mol. The number of nitrogens with one attached hydrogen (secondary N) is 1. The fourth-order valence-electron chi connectivity index (χ4n) is 6.56. The van der Waals surface area contributed by atoms with Gasteiger partial charge in [-0.05, 0) is 67.1 Å². The molecule has 3 atom stereocenters. The highest BCUT2D eigenvalue weighted by molar-refractivity contribution is 5.80. The second kappa shape index (κ2) is 7.58. The second-order valence-corrected chi connectivity index (χ2v) is 11.1. The van der Waals surface area contributed by atoms with Gasteiger partial charge >= 0.3 is 0 Å². The lowest BCUT2D eigenvalue weighted by Crippen LogP contribution is -2.45. The molecule has 2 amide bonds. The minimum absolute atomic E-state index is 0.0993. The van der Waals surface area contributed by atoms with Crippen molar-refractivity contribution in [3.63, 3.8) is 0 Å². The van der Waals surface area contributed by atoms with E-state index >= 15 is 0 Å². The molecule has 2 saturated heterocycles.